The van der Waals surface area contributed by atoms with E-state index >= 15 is 0 Å². The Kier molecular flexibility index (Phi) is 4.98. The number of hydrogen-bond acceptors (Lipinski definition) is 5. The van der Waals surface area contributed by atoms with E-state index in [1.807, 2.05) is 12.1 Å². The number of Topliss-reactive ketones (excluding diaryl/α,β-unsaturated/α-hetero) is 1. The van der Waals surface area contributed by atoms with Crippen molar-refractivity contribution in [3.8, 4) is 0 Å². The monoisotopic (exact) mass is 351 g/mol. The van der Waals surface area contributed by atoms with Gasteiger partial charge in [-0.25, -0.2) is 4.79 Å². The van der Waals surface area contributed by atoms with Gasteiger partial charge in [-0.1, -0.05) is 48.5 Å². The maximum Gasteiger partial charge on any atom is 0.409 e. The molecule has 2 aromatic carbocycles. The van der Waals surface area contributed by atoms with Crippen LogP contribution in [0.5, 0.6) is 0 Å². The summed E-state index contributed by atoms with van der Waals surface area (Å²) >= 11 is 0. The van der Waals surface area contributed by atoms with Crippen molar-refractivity contribution in [3.63, 3.8) is 0 Å². The van der Waals surface area contributed by atoms with E-state index < -0.39 is 17.6 Å². The summed E-state index contributed by atoms with van der Waals surface area (Å²) in [6.07, 6.45) is 1.60. The minimum absolute atomic E-state index is 0.0856. The zero-order valence-electron chi connectivity index (χ0n) is 13.7. The number of pyridine rings is 1. The molecule has 0 aliphatic rings. The Balaban J connectivity index is 2.01. The Morgan fingerprint density at radius 1 is 1.00 bits per heavy atom. The van der Waals surface area contributed by atoms with Gasteiger partial charge in [0.25, 0.3) is 5.69 Å². The molecule has 0 saturated carbocycles. The molecule has 1 aromatic heterocycles. The minimum atomic E-state index is -0.936. The molecular formula is C19H15N2O5+. The van der Waals surface area contributed by atoms with Gasteiger partial charge in [-0.2, -0.15) is 4.57 Å². The lowest BCUT2D eigenvalue weighted by Crippen LogP contribution is -2.44. The second-order valence-electron chi connectivity index (χ2n) is 5.56. The summed E-state index contributed by atoms with van der Waals surface area (Å²) < 4.78 is 6.21. The lowest BCUT2D eigenvalue weighted by Gasteiger charge is -2.06. The van der Waals surface area contributed by atoms with Crippen molar-refractivity contribution in [2.24, 2.45) is 0 Å². The van der Waals surface area contributed by atoms with Crippen LogP contribution in [0.25, 0.3) is 10.8 Å². The molecular weight excluding hydrogens is 336 g/mol. The number of carbonyl (C=O) groups excluding carboxylic acids is 2. The zero-order chi connectivity index (χ0) is 18.5. The molecule has 0 aliphatic heterocycles. The second-order valence-corrected chi connectivity index (χ2v) is 5.56. The van der Waals surface area contributed by atoms with Crippen LogP contribution < -0.4 is 4.57 Å². The van der Waals surface area contributed by atoms with Gasteiger partial charge in [-0.05, 0) is 11.5 Å². The van der Waals surface area contributed by atoms with Crippen LogP contribution in [0.3, 0.4) is 0 Å². The second kappa shape index (κ2) is 7.52. The first kappa shape index (κ1) is 17.2. The molecule has 0 amide bonds. The third-order valence-electron chi connectivity index (χ3n) is 3.84. The number of rotatable bonds is 6. The van der Waals surface area contributed by atoms with Crippen LogP contribution in [-0.4, -0.2) is 23.4 Å². The SMILES string of the molecule is O=C(C[n+]1ccc2ccccc2c1C(=O)OC[N+](=O)[O-])c1ccccc1. The quantitative estimate of drug-likeness (QED) is 0.170. The lowest BCUT2D eigenvalue weighted by atomic mass is 10.1. The van der Waals surface area contributed by atoms with Crippen molar-refractivity contribution in [3.05, 3.63) is 88.2 Å². The molecule has 0 N–H and O–H groups in total. The summed E-state index contributed by atoms with van der Waals surface area (Å²) in [4.78, 5) is 34.7. The van der Waals surface area contributed by atoms with Crippen molar-refractivity contribution in [1.82, 2.24) is 0 Å². The van der Waals surface area contributed by atoms with Crippen LogP contribution in [0.2, 0.25) is 0 Å². The average molecular weight is 351 g/mol. The highest BCUT2D eigenvalue weighted by molar-refractivity contribution is 6.01. The van der Waals surface area contributed by atoms with Gasteiger partial charge in [0.05, 0.1) is 10.3 Å². The molecule has 3 aromatic rings. The molecule has 0 spiro atoms. The number of benzene rings is 2. The molecule has 1 heterocycles. The topological polar surface area (TPSA) is 90.4 Å². The zero-order valence-corrected chi connectivity index (χ0v) is 13.7. The molecule has 3 rings (SSSR count). The van der Waals surface area contributed by atoms with Gasteiger partial charge in [-0.15, -0.1) is 0 Å². The van der Waals surface area contributed by atoms with Crippen molar-refractivity contribution in [2.75, 3.05) is 6.73 Å². The van der Waals surface area contributed by atoms with Gasteiger partial charge in [0, 0.05) is 11.6 Å². The molecule has 26 heavy (non-hydrogen) atoms. The highest BCUT2D eigenvalue weighted by Crippen LogP contribution is 2.16. The molecule has 0 atom stereocenters. The number of aromatic nitrogens is 1. The number of nitrogens with zero attached hydrogens (tertiary/aromatic N) is 2. The first-order chi connectivity index (χ1) is 12.6. The minimum Gasteiger partial charge on any atom is -0.392 e. The van der Waals surface area contributed by atoms with Crippen LogP contribution in [0.1, 0.15) is 20.8 Å². The molecule has 0 unspecified atom stereocenters. The number of esters is 1. The van der Waals surface area contributed by atoms with Crippen LogP contribution in [0.15, 0.2) is 66.9 Å². The molecule has 0 fully saturated rings. The van der Waals surface area contributed by atoms with Crippen molar-refractivity contribution in [1.29, 1.82) is 0 Å². The Morgan fingerprint density at radius 3 is 2.42 bits per heavy atom. The number of carbonyl (C=O) groups is 2. The fourth-order valence-corrected chi connectivity index (χ4v) is 2.67. The van der Waals surface area contributed by atoms with E-state index in [1.165, 1.54) is 4.57 Å². The van der Waals surface area contributed by atoms with Crippen molar-refractivity contribution in [2.45, 2.75) is 6.54 Å². The Morgan fingerprint density at radius 2 is 1.69 bits per heavy atom. The van der Waals surface area contributed by atoms with E-state index in [9.17, 15) is 19.7 Å². The largest absolute Gasteiger partial charge is 0.409 e. The van der Waals surface area contributed by atoms with E-state index in [-0.39, 0.29) is 18.0 Å². The van der Waals surface area contributed by atoms with Gasteiger partial charge < -0.3 is 4.74 Å². The van der Waals surface area contributed by atoms with Gasteiger partial charge in [0.1, 0.15) is 0 Å². The summed E-state index contributed by atoms with van der Waals surface area (Å²) in [5.41, 5.74) is 0.618. The number of ketones is 1. The normalized spacial score (nSPS) is 10.5. The van der Waals surface area contributed by atoms with E-state index in [2.05, 4.69) is 0 Å². The summed E-state index contributed by atoms with van der Waals surface area (Å²) in [5, 5.41) is 11.8. The summed E-state index contributed by atoms with van der Waals surface area (Å²) in [5.74, 6) is -1.03. The summed E-state index contributed by atoms with van der Waals surface area (Å²) in [7, 11) is 0. The maximum atomic E-state index is 12.5. The van der Waals surface area contributed by atoms with E-state index in [1.54, 1.807) is 54.7 Å². The summed E-state index contributed by atoms with van der Waals surface area (Å²) in [6.45, 7) is -1.02. The Hall–Kier alpha value is -3.61. The van der Waals surface area contributed by atoms with Gasteiger partial charge >= 0.3 is 12.7 Å². The van der Waals surface area contributed by atoms with Crippen molar-refractivity contribution < 1.29 is 23.8 Å². The van der Waals surface area contributed by atoms with Crippen LogP contribution >= 0.6 is 0 Å². The van der Waals surface area contributed by atoms with Gasteiger partial charge in [0.15, 0.2) is 6.20 Å². The number of ether oxygens (including phenoxy) is 1. The lowest BCUT2D eigenvalue weighted by molar-refractivity contribution is -0.684. The molecule has 7 heteroatoms. The van der Waals surface area contributed by atoms with Crippen LogP contribution in [-0.2, 0) is 11.3 Å². The average Bonchev–Trinajstić information content (AvgIpc) is 2.66. The third kappa shape index (κ3) is 3.72. The molecule has 0 aliphatic carbocycles. The third-order valence-corrected chi connectivity index (χ3v) is 3.84. The maximum absolute atomic E-state index is 12.5. The predicted octanol–water partition coefficient (Wildman–Crippen LogP) is 2.40. The highest BCUT2D eigenvalue weighted by atomic mass is 16.7. The molecule has 7 nitrogen and oxygen atoms in total. The van der Waals surface area contributed by atoms with E-state index in [0.29, 0.717) is 10.9 Å². The molecule has 130 valence electrons. The van der Waals surface area contributed by atoms with Crippen LogP contribution in [0, 0.1) is 10.1 Å². The standard InChI is InChI=1S/C19H15N2O5/c22-17(15-7-2-1-3-8-15)12-20-11-10-14-6-4-5-9-16(14)18(20)19(23)26-13-21(24)25/h1-11H,12-13H2/q+1. The van der Waals surface area contributed by atoms with E-state index in [0.717, 1.165) is 5.39 Å². The highest BCUT2D eigenvalue weighted by Gasteiger charge is 2.27. The molecule has 0 radical (unpaired) electrons. The predicted molar refractivity (Wildman–Crippen MR) is 92.2 cm³/mol. The molecule has 0 bridgehead atoms. The fraction of sp³-hybridized carbons (Fsp3) is 0.105. The first-order valence-corrected chi connectivity index (χ1v) is 7.84. The van der Waals surface area contributed by atoms with Crippen LogP contribution in [0.4, 0.5) is 0 Å². The number of fused-ring (bicyclic) bond motifs is 1. The Bertz CT molecular complexity index is 986. The summed E-state index contributed by atoms with van der Waals surface area (Å²) in [6, 6.07) is 17.5. The first-order valence-electron chi connectivity index (χ1n) is 7.84. The van der Waals surface area contributed by atoms with Gasteiger partial charge in [0.2, 0.25) is 12.3 Å². The van der Waals surface area contributed by atoms with E-state index in [4.69, 9.17) is 4.74 Å². The smallest absolute Gasteiger partial charge is 0.392 e. The van der Waals surface area contributed by atoms with Crippen molar-refractivity contribution >= 4 is 22.5 Å². The van der Waals surface area contributed by atoms with Gasteiger partial charge in [-0.3, -0.25) is 14.9 Å². The number of nitro groups is 1. The fourth-order valence-electron chi connectivity index (χ4n) is 2.67. The Labute approximate surface area is 148 Å². The molecule has 0 saturated heterocycles. The number of hydrogen-bond donors (Lipinski definition) is 0.